The zero-order valence-electron chi connectivity index (χ0n) is 12.2. The molecule has 0 bridgehead atoms. The molecular formula is C17H17FO4. The van der Waals surface area contributed by atoms with E-state index in [0.29, 0.717) is 17.1 Å². The molecule has 0 fully saturated rings. The first-order valence-electron chi connectivity index (χ1n) is 6.86. The Hall–Kier alpha value is -2.56. The Kier molecular flexibility index (Phi) is 5.36. The molecule has 4 nitrogen and oxygen atoms in total. The highest BCUT2D eigenvalue weighted by Crippen LogP contribution is 2.29. The van der Waals surface area contributed by atoms with Crippen LogP contribution in [0, 0.1) is 5.82 Å². The summed E-state index contributed by atoms with van der Waals surface area (Å²) >= 11 is 0. The quantitative estimate of drug-likeness (QED) is 0.851. The van der Waals surface area contributed by atoms with Crippen LogP contribution in [0.25, 0.3) is 0 Å². The maximum absolute atomic E-state index is 12.8. The van der Waals surface area contributed by atoms with Gasteiger partial charge >= 0.3 is 5.97 Å². The Balaban J connectivity index is 2.03. The molecule has 0 spiro atoms. The molecule has 2 aromatic rings. The number of benzene rings is 2. The molecule has 0 aromatic heterocycles. The Morgan fingerprint density at radius 1 is 1.18 bits per heavy atom. The van der Waals surface area contributed by atoms with Gasteiger partial charge in [0.05, 0.1) is 19.6 Å². The predicted octanol–water partition coefficient (Wildman–Crippen LogP) is 3.47. The van der Waals surface area contributed by atoms with E-state index < -0.39 is 11.9 Å². The van der Waals surface area contributed by atoms with Crippen LogP contribution in [-0.4, -0.2) is 24.8 Å². The van der Waals surface area contributed by atoms with E-state index in [1.165, 1.54) is 31.4 Å². The second-order valence-electron chi connectivity index (χ2n) is 4.72. The van der Waals surface area contributed by atoms with Gasteiger partial charge in [-0.2, -0.15) is 0 Å². The van der Waals surface area contributed by atoms with Crippen LogP contribution in [0.5, 0.6) is 11.5 Å². The predicted molar refractivity (Wildman–Crippen MR) is 79.9 cm³/mol. The summed E-state index contributed by atoms with van der Waals surface area (Å²) in [7, 11) is 1.51. The fourth-order valence-electron chi connectivity index (χ4n) is 2.19. The molecule has 0 saturated carbocycles. The fraction of sp³-hybridized carbons (Fsp3) is 0.235. The molecule has 1 atom stereocenters. The number of halogens is 1. The van der Waals surface area contributed by atoms with Crippen molar-refractivity contribution in [3.05, 3.63) is 59.9 Å². The summed E-state index contributed by atoms with van der Waals surface area (Å²) in [5.74, 6) is -0.962. The number of rotatable bonds is 7. The highest BCUT2D eigenvalue weighted by Gasteiger charge is 2.23. The maximum Gasteiger partial charge on any atom is 0.311 e. The van der Waals surface area contributed by atoms with Crippen molar-refractivity contribution < 1.29 is 23.8 Å². The third-order valence-electron chi connectivity index (χ3n) is 3.30. The lowest BCUT2D eigenvalue weighted by Gasteiger charge is -2.16. The summed E-state index contributed by atoms with van der Waals surface area (Å²) in [6.45, 7) is 0.209. The Morgan fingerprint density at radius 2 is 1.86 bits per heavy atom. The SMILES string of the molecule is COc1ccccc1C(CCOc1ccc(F)cc1)C(=O)O. The summed E-state index contributed by atoms with van der Waals surface area (Å²) in [5, 5.41) is 9.42. The molecule has 22 heavy (non-hydrogen) atoms. The number of carboxylic acids is 1. The van der Waals surface area contributed by atoms with E-state index in [-0.39, 0.29) is 18.8 Å². The zero-order valence-corrected chi connectivity index (χ0v) is 12.2. The topological polar surface area (TPSA) is 55.8 Å². The van der Waals surface area contributed by atoms with Crippen molar-refractivity contribution in [3.63, 3.8) is 0 Å². The van der Waals surface area contributed by atoms with E-state index in [1.807, 2.05) is 0 Å². The summed E-state index contributed by atoms with van der Waals surface area (Å²) in [6.07, 6.45) is 0.285. The number of hydrogen-bond acceptors (Lipinski definition) is 3. The third-order valence-corrected chi connectivity index (χ3v) is 3.30. The van der Waals surface area contributed by atoms with Crippen molar-refractivity contribution >= 4 is 5.97 Å². The first-order valence-corrected chi connectivity index (χ1v) is 6.86. The molecule has 1 N–H and O–H groups in total. The average molecular weight is 304 g/mol. The molecule has 0 aliphatic rings. The number of ether oxygens (including phenoxy) is 2. The standard InChI is InChI=1S/C17H17FO4/c1-21-16-5-3-2-4-14(16)15(17(19)20)10-11-22-13-8-6-12(18)7-9-13/h2-9,15H,10-11H2,1H3,(H,19,20). The smallest absolute Gasteiger partial charge is 0.311 e. The van der Waals surface area contributed by atoms with Crippen molar-refractivity contribution in [1.82, 2.24) is 0 Å². The summed E-state index contributed by atoms with van der Waals surface area (Å²) in [5.41, 5.74) is 0.611. The van der Waals surface area contributed by atoms with Gasteiger partial charge in [0.25, 0.3) is 0 Å². The molecule has 5 heteroatoms. The van der Waals surface area contributed by atoms with E-state index in [0.717, 1.165) is 0 Å². The Bertz CT molecular complexity index is 625. The molecule has 2 rings (SSSR count). The Labute approximate surface area is 128 Å². The van der Waals surface area contributed by atoms with Crippen LogP contribution in [0.1, 0.15) is 17.9 Å². The molecule has 0 aliphatic carbocycles. The molecule has 0 amide bonds. The molecule has 0 heterocycles. The normalized spacial score (nSPS) is 11.7. The van der Waals surface area contributed by atoms with E-state index >= 15 is 0 Å². The first kappa shape index (κ1) is 15.8. The van der Waals surface area contributed by atoms with Gasteiger partial charge in [0.1, 0.15) is 17.3 Å². The second kappa shape index (κ2) is 7.45. The minimum atomic E-state index is -0.938. The van der Waals surface area contributed by atoms with Crippen molar-refractivity contribution in [2.45, 2.75) is 12.3 Å². The van der Waals surface area contributed by atoms with E-state index in [4.69, 9.17) is 9.47 Å². The first-order chi connectivity index (χ1) is 10.6. The lowest BCUT2D eigenvalue weighted by molar-refractivity contribution is -0.139. The van der Waals surface area contributed by atoms with Crippen molar-refractivity contribution in [2.24, 2.45) is 0 Å². The fourth-order valence-corrected chi connectivity index (χ4v) is 2.19. The van der Waals surface area contributed by atoms with E-state index in [9.17, 15) is 14.3 Å². The largest absolute Gasteiger partial charge is 0.496 e. The average Bonchev–Trinajstić information content (AvgIpc) is 2.53. The molecule has 1 unspecified atom stereocenters. The van der Waals surface area contributed by atoms with Gasteiger partial charge in [-0.3, -0.25) is 4.79 Å². The van der Waals surface area contributed by atoms with Crippen LogP contribution in [0.15, 0.2) is 48.5 Å². The summed E-state index contributed by atoms with van der Waals surface area (Å²) in [4.78, 5) is 11.5. The molecule has 0 saturated heterocycles. The van der Waals surface area contributed by atoms with Crippen LogP contribution >= 0.6 is 0 Å². The van der Waals surface area contributed by atoms with Crippen LogP contribution < -0.4 is 9.47 Å². The molecule has 2 aromatic carbocycles. The van der Waals surface area contributed by atoms with Crippen molar-refractivity contribution in [2.75, 3.05) is 13.7 Å². The van der Waals surface area contributed by atoms with Gasteiger partial charge in [-0.1, -0.05) is 18.2 Å². The summed E-state index contributed by atoms with van der Waals surface area (Å²) in [6, 6.07) is 12.6. The monoisotopic (exact) mass is 304 g/mol. The maximum atomic E-state index is 12.8. The van der Waals surface area contributed by atoms with Gasteiger partial charge in [-0.25, -0.2) is 4.39 Å². The second-order valence-corrected chi connectivity index (χ2v) is 4.72. The van der Waals surface area contributed by atoms with Gasteiger partial charge in [-0.05, 0) is 36.8 Å². The Morgan fingerprint density at radius 3 is 2.50 bits per heavy atom. The van der Waals surface area contributed by atoms with Crippen molar-refractivity contribution in [1.29, 1.82) is 0 Å². The number of methoxy groups -OCH3 is 1. The number of carboxylic acid groups (broad SMARTS) is 1. The number of carbonyl (C=O) groups is 1. The minimum Gasteiger partial charge on any atom is -0.496 e. The molecule has 0 radical (unpaired) electrons. The number of hydrogen-bond donors (Lipinski definition) is 1. The van der Waals surface area contributed by atoms with Crippen LogP contribution in [0.3, 0.4) is 0 Å². The van der Waals surface area contributed by atoms with Crippen LogP contribution in [0.4, 0.5) is 4.39 Å². The van der Waals surface area contributed by atoms with E-state index in [1.54, 1.807) is 24.3 Å². The van der Waals surface area contributed by atoms with Gasteiger partial charge < -0.3 is 14.6 Å². The van der Waals surface area contributed by atoms with Crippen LogP contribution in [0.2, 0.25) is 0 Å². The molecular weight excluding hydrogens is 287 g/mol. The lowest BCUT2D eigenvalue weighted by Crippen LogP contribution is -2.16. The zero-order chi connectivity index (χ0) is 15.9. The van der Waals surface area contributed by atoms with Gasteiger partial charge in [0.2, 0.25) is 0 Å². The minimum absolute atomic E-state index is 0.209. The van der Waals surface area contributed by atoms with Crippen molar-refractivity contribution in [3.8, 4) is 11.5 Å². The lowest BCUT2D eigenvalue weighted by atomic mass is 9.95. The molecule has 116 valence electrons. The van der Waals surface area contributed by atoms with E-state index in [2.05, 4.69) is 0 Å². The van der Waals surface area contributed by atoms with Gasteiger partial charge in [-0.15, -0.1) is 0 Å². The van der Waals surface area contributed by atoms with Gasteiger partial charge in [0.15, 0.2) is 0 Å². The van der Waals surface area contributed by atoms with Crippen LogP contribution in [-0.2, 0) is 4.79 Å². The highest BCUT2D eigenvalue weighted by atomic mass is 19.1. The third kappa shape index (κ3) is 3.97. The number of aliphatic carboxylic acids is 1. The van der Waals surface area contributed by atoms with Gasteiger partial charge in [0, 0.05) is 5.56 Å². The number of para-hydroxylation sites is 1. The molecule has 0 aliphatic heterocycles. The summed E-state index contributed by atoms with van der Waals surface area (Å²) < 4.78 is 23.5. The highest BCUT2D eigenvalue weighted by molar-refractivity contribution is 5.77.